The maximum Gasteiger partial charge on any atom is 0.335 e. The van der Waals surface area contributed by atoms with Crippen molar-refractivity contribution < 1.29 is 29.3 Å². The highest BCUT2D eigenvalue weighted by atomic mass is 16.5. The average Bonchev–Trinajstić information content (AvgIpc) is 2.38. The van der Waals surface area contributed by atoms with Crippen LogP contribution >= 0.6 is 0 Å². The molecule has 7 heteroatoms. The van der Waals surface area contributed by atoms with Crippen LogP contribution in [0, 0.1) is 0 Å². The third-order valence-corrected chi connectivity index (χ3v) is 2.96. The predicted octanol–water partition coefficient (Wildman–Crippen LogP) is 0.973. The number of carbonyl (C=O) groups is 3. The highest BCUT2D eigenvalue weighted by Gasteiger charge is 2.32. The van der Waals surface area contributed by atoms with Crippen molar-refractivity contribution in [2.45, 2.75) is 19.4 Å². The first-order valence-corrected chi connectivity index (χ1v) is 5.97. The molecule has 0 saturated carbocycles. The first-order chi connectivity index (χ1) is 9.40. The fourth-order valence-corrected chi connectivity index (χ4v) is 1.98. The second-order valence-electron chi connectivity index (χ2n) is 4.38. The molecule has 1 aromatic carbocycles. The number of fused-ring (bicyclic) bond motifs is 1. The van der Waals surface area contributed by atoms with E-state index < -0.39 is 18.0 Å². The van der Waals surface area contributed by atoms with Crippen LogP contribution in [0.25, 0.3) is 0 Å². The SMILES string of the molecule is CC1Oc2cc(C(=O)O)ccc2N(CCC(=O)O)C1=O. The van der Waals surface area contributed by atoms with Crippen molar-refractivity contribution in [2.24, 2.45) is 0 Å². The fourth-order valence-electron chi connectivity index (χ4n) is 1.98. The van der Waals surface area contributed by atoms with E-state index >= 15 is 0 Å². The molecule has 1 heterocycles. The molecule has 1 aliphatic heterocycles. The van der Waals surface area contributed by atoms with E-state index in [0.717, 1.165) is 0 Å². The minimum atomic E-state index is -1.10. The lowest BCUT2D eigenvalue weighted by Gasteiger charge is -2.32. The van der Waals surface area contributed by atoms with E-state index in [-0.39, 0.29) is 30.2 Å². The van der Waals surface area contributed by atoms with Crippen LogP contribution in [-0.2, 0) is 9.59 Å². The summed E-state index contributed by atoms with van der Waals surface area (Å²) in [4.78, 5) is 34.9. The summed E-state index contributed by atoms with van der Waals surface area (Å²) in [6.07, 6.45) is -0.973. The van der Waals surface area contributed by atoms with Crippen LogP contribution in [0.15, 0.2) is 18.2 Å². The first kappa shape index (κ1) is 13.9. The molecule has 2 rings (SSSR count). The Morgan fingerprint density at radius 3 is 2.65 bits per heavy atom. The number of ether oxygens (including phenoxy) is 1. The number of carboxylic acid groups (broad SMARTS) is 2. The molecule has 0 aliphatic carbocycles. The van der Waals surface area contributed by atoms with Gasteiger partial charge in [0, 0.05) is 6.54 Å². The van der Waals surface area contributed by atoms with Crippen molar-refractivity contribution in [2.75, 3.05) is 11.4 Å². The second-order valence-corrected chi connectivity index (χ2v) is 4.38. The number of aliphatic carboxylic acids is 1. The number of carboxylic acids is 2. The van der Waals surface area contributed by atoms with Crippen molar-refractivity contribution in [1.29, 1.82) is 0 Å². The standard InChI is InChI=1S/C13H13NO6/c1-7-12(17)14(5-4-11(15)16)9-3-2-8(13(18)19)6-10(9)20-7/h2-3,6-7H,4-5H2,1H3,(H,15,16)(H,18,19). The molecule has 1 amide bonds. The fraction of sp³-hybridized carbons (Fsp3) is 0.308. The molecular formula is C13H13NO6. The van der Waals surface area contributed by atoms with Gasteiger partial charge in [-0.25, -0.2) is 4.79 Å². The molecule has 1 unspecified atom stereocenters. The summed E-state index contributed by atoms with van der Waals surface area (Å²) >= 11 is 0. The first-order valence-electron chi connectivity index (χ1n) is 5.97. The van der Waals surface area contributed by atoms with E-state index in [9.17, 15) is 14.4 Å². The summed E-state index contributed by atoms with van der Waals surface area (Å²) in [5.74, 6) is -2.19. The van der Waals surface area contributed by atoms with Gasteiger partial charge in [0.2, 0.25) is 0 Å². The maximum absolute atomic E-state index is 12.0. The van der Waals surface area contributed by atoms with Crippen molar-refractivity contribution in [1.82, 2.24) is 0 Å². The maximum atomic E-state index is 12.0. The number of anilines is 1. The smallest absolute Gasteiger partial charge is 0.335 e. The van der Waals surface area contributed by atoms with Gasteiger partial charge in [-0.1, -0.05) is 0 Å². The normalized spacial score (nSPS) is 17.4. The molecule has 0 saturated heterocycles. The Kier molecular flexibility index (Phi) is 3.60. The van der Waals surface area contributed by atoms with Crippen molar-refractivity contribution in [3.05, 3.63) is 23.8 Å². The van der Waals surface area contributed by atoms with Crippen LogP contribution in [0.1, 0.15) is 23.7 Å². The second kappa shape index (κ2) is 5.20. The lowest BCUT2D eigenvalue weighted by atomic mass is 10.1. The number of hydrogen-bond acceptors (Lipinski definition) is 4. The Balaban J connectivity index is 2.37. The highest BCUT2D eigenvalue weighted by molar-refractivity contribution is 6.01. The Labute approximate surface area is 114 Å². The van der Waals surface area contributed by atoms with Crippen LogP contribution in [-0.4, -0.2) is 40.7 Å². The van der Waals surface area contributed by atoms with Crippen LogP contribution in [0.4, 0.5) is 5.69 Å². The van der Waals surface area contributed by atoms with Gasteiger partial charge < -0.3 is 19.8 Å². The van der Waals surface area contributed by atoms with Crippen molar-refractivity contribution >= 4 is 23.5 Å². The van der Waals surface area contributed by atoms with Gasteiger partial charge in [-0.2, -0.15) is 0 Å². The van der Waals surface area contributed by atoms with E-state index in [2.05, 4.69) is 0 Å². The zero-order valence-corrected chi connectivity index (χ0v) is 10.7. The van der Waals surface area contributed by atoms with E-state index in [1.807, 2.05) is 0 Å². The summed E-state index contributed by atoms with van der Waals surface area (Å²) in [5, 5.41) is 17.6. The Morgan fingerprint density at radius 1 is 1.35 bits per heavy atom. The number of carbonyl (C=O) groups excluding carboxylic acids is 1. The summed E-state index contributed by atoms with van der Waals surface area (Å²) in [5.41, 5.74) is 0.433. The molecule has 0 aromatic heterocycles. The molecule has 0 spiro atoms. The van der Waals surface area contributed by atoms with E-state index in [1.54, 1.807) is 0 Å². The molecule has 0 bridgehead atoms. The van der Waals surface area contributed by atoms with E-state index in [4.69, 9.17) is 14.9 Å². The lowest BCUT2D eigenvalue weighted by molar-refractivity contribution is -0.136. The number of rotatable bonds is 4. The molecule has 1 atom stereocenters. The highest BCUT2D eigenvalue weighted by Crippen LogP contribution is 2.35. The minimum absolute atomic E-state index is 0.0152. The molecule has 1 aliphatic rings. The number of nitrogens with zero attached hydrogens (tertiary/aromatic N) is 1. The van der Waals surface area contributed by atoms with Gasteiger partial charge in [0.25, 0.3) is 5.91 Å². The minimum Gasteiger partial charge on any atom is -0.481 e. The Morgan fingerprint density at radius 2 is 2.05 bits per heavy atom. The zero-order chi connectivity index (χ0) is 14.9. The van der Waals surface area contributed by atoms with Crippen LogP contribution in [0.3, 0.4) is 0 Å². The van der Waals surface area contributed by atoms with Gasteiger partial charge in [-0.05, 0) is 25.1 Å². The number of hydrogen-bond donors (Lipinski definition) is 2. The van der Waals surface area contributed by atoms with Gasteiger partial charge in [0.1, 0.15) is 5.75 Å². The van der Waals surface area contributed by atoms with E-state index in [1.165, 1.54) is 30.0 Å². The van der Waals surface area contributed by atoms with E-state index in [0.29, 0.717) is 5.69 Å². The quantitative estimate of drug-likeness (QED) is 0.851. The molecule has 20 heavy (non-hydrogen) atoms. The Hall–Kier alpha value is -2.57. The monoisotopic (exact) mass is 279 g/mol. The predicted molar refractivity (Wildman–Crippen MR) is 68.1 cm³/mol. The van der Waals surface area contributed by atoms with Crippen LogP contribution < -0.4 is 9.64 Å². The van der Waals surface area contributed by atoms with Crippen molar-refractivity contribution in [3.8, 4) is 5.75 Å². The largest absolute Gasteiger partial charge is 0.481 e. The van der Waals surface area contributed by atoms with Gasteiger partial charge in [-0.3, -0.25) is 9.59 Å². The summed E-state index contributed by atoms with van der Waals surface area (Å²) in [6.45, 7) is 1.55. The molecule has 1 aromatic rings. The number of benzene rings is 1. The zero-order valence-electron chi connectivity index (χ0n) is 10.7. The van der Waals surface area contributed by atoms with Gasteiger partial charge in [0.15, 0.2) is 6.10 Å². The molecular weight excluding hydrogens is 266 g/mol. The molecule has 7 nitrogen and oxygen atoms in total. The lowest BCUT2D eigenvalue weighted by Crippen LogP contribution is -2.45. The molecule has 106 valence electrons. The summed E-state index contributed by atoms with van der Waals surface area (Å²) in [7, 11) is 0. The van der Waals surface area contributed by atoms with Crippen molar-refractivity contribution in [3.63, 3.8) is 0 Å². The molecule has 0 fully saturated rings. The van der Waals surface area contributed by atoms with Crippen LogP contribution in [0.5, 0.6) is 5.75 Å². The Bertz CT molecular complexity index is 582. The van der Waals surface area contributed by atoms with Gasteiger partial charge >= 0.3 is 11.9 Å². The average molecular weight is 279 g/mol. The number of amides is 1. The van der Waals surface area contributed by atoms with Gasteiger partial charge in [0.05, 0.1) is 17.7 Å². The molecule has 0 radical (unpaired) electrons. The van der Waals surface area contributed by atoms with Crippen LogP contribution in [0.2, 0.25) is 0 Å². The topological polar surface area (TPSA) is 104 Å². The van der Waals surface area contributed by atoms with Gasteiger partial charge in [-0.15, -0.1) is 0 Å². The summed E-state index contributed by atoms with van der Waals surface area (Å²) < 4.78 is 5.37. The molecule has 2 N–H and O–H groups in total. The third kappa shape index (κ3) is 2.56. The third-order valence-electron chi connectivity index (χ3n) is 2.96. The number of aromatic carboxylic acids is 1. The summed E-state index contributed by atoms with van der Waals surface area (Å²) in [6, 6.07) is 4.13.